The Bertz CT molecular complexity index is 2160. The van der Waals surface area contributed by atoms with Gasteiger partial charge in [-0.1, -0.05) is 84.9 Å². The minimum absolute atomic E-state index is 0.0194. The second kappa shape index (κ2) is 27.0. The number of hydrogen-bond acceptors (Lipinski definition) is 12. The number of benzene rings is 4. The van der Waals surface area contributed by atoms with Crippen LogP contribution < -0.4 is 54.2 Å². The summed E-state index contributed by atoms with van der Waals surface area (Å²) in [5, 5.41) is 34.0. The van der Waals surface area contributed by atoms with Gasteiger partial charge in [0.25, 0.3) is 11.8 Å². The third kappa shape index (κ3) is 19.3. The largest absolute Gasteiger partial charge is 0.508 e. The zero-order chi connectivity index (χ0) is 49.6. The van der Waals surface area contributed by atoms with Crippen LogP contribution in [-0.2, 0) is 64.0 Å². The van der Waals surface area contributed by atoms with Crippen LogP contribution in [-0.4, -0.2) is 107 Å². The molecule has 362 valence electrons. The molecule has 0 saturated carbocycles. The highest BCUT2D eigenvalue weighted by molar-refractivity contribution is 5.95. The number of aromatic hydroxyl groups is 2. The SMILES string of the molecule is C[C@@H](NC(=O)C[C@@H](N)Cc1ccc(O)cc1)C(=O)NCC(=O)N[C@@H](Cc1ccccc1)C(=O)NNC(=O)[C@H](Cc1ccccc1)NC(=O)CNC(=O)[C@@H](C)NC(=O)C[C@@H](N)Cc1ccc(O)cc1. The first-order chi connectivity index (χ1) is 32.4. The predicted octanol–water partition coefficient (Wildman–Crippen LogP) is -0.838. The number of amides is 8. The van der Waals surface area contributed by atoms with Gasteiger partial charge in [-0.3, -0.25) is 49.2 Å². The average Bonchev–Trinajstić information content (AvgIpc) is 3.30. The number of hydrogen-bond donors (Lipinski definition) is 12. The molecule has 4 aromatic carbocycles. The number of hydrazine groups is 1. The minimum Gasteiger partial charge on any atom is -0.508 e. The summed E-state index contributed by atoms with van der Waals surface area (Å²) >= 11 is 0. The molecule has 0 fully saturated rings. The van der Waals surface area contributed by atoms with Gasteiger partial charge in [0.15, 0.2) is 0 Å². The van der Waals surface area contributed by atoms with Crippen molar-refractivity contribution in [3.8, 4) is 11.5 Å². The molecule has 68 heavy (non-hydrogen) atoms. The van der Waals surface area contributed by atoms with Crippen molar-refractivity contribution in [2.24, 2.45) is 11.5 Å². The van der Waals surface area contributed by atoms with Crippen LogP contribution in [0.1, 0.15) is 48.9 Å². The molecule has 0 aromatic heterocycles. The van der Waals surface area contributed by atoms with Gasteiger partial charge in [-0.25, -0.2) is 0 Å². The molecule has 14 N–H and O–H groups in total. The van der Waals surface area contributed by atoms with E-state index in [0.29, 0.717) is 24.0 Å². The summed E-state index contributed by atoms with van der Waals surface area (Å²) in [4.78, 5) is 104. The molecule has 4 rings (SSSR count). The maximum atomic E-state index is 13.6. The van der Waals surface area contributed by atoms with E-state index in [-0.39, 0.29) is 37.2 Å². The van der Waals surface area contributed by atoms with Crippen molar-refractivity contribution >= 4 is 47.3 Å². The average molecular weight is 937 g/mol. The number of nitrogens with two attached hydrogens (primary N) is 2. The number of carbonyl (C=O) groups is 8. The summed E-state index contributed by atoms with van der Waals surface area (Å²) in [5.74, 6) is -5.31. The van der Waals surface area contributed by atoms with Crippen LogP contribution in [0.5, 0.6) is 11.5 Å². The van der Waals surface area contributed by atoms with E-state index < -0.39 is 96.6 Å². The summed E-state index contributed by atoms with van der Waals surface area (Å²) in [7, 11) is 0. The van der Waals surface area contributed by atoms with Crippen molar-refractivity contribution in [3.05, 3.63) is 131 Å². The van der Waals surface area contributed by atoms with Gasteiger partial charge in [0.05, 0.1) is 13.1 Å². The van der Waals surface area contributed by atoms with Crippen LogP contribution in [0.2, 0.25) is 0 Å². The fourth-order valence-corrected chi connectivity index (χ4v) is 6.77. The summed E-state index contributed by atoms with van der Waals surface area (Å²) in [5.41, 5.74) is 19.8. The van der Waals surface area contributed by atoms with E-state index >= 15 is 0 Å². The first kappa shape index (κ1) is 52.8. The van der Waals surface area contributed by atoms with Crippen LogP contribution in [0.15, 0.2) is 109 Å². The summed E-state index contributed by atoms with van der Waals surface area (Å²) < 4.78 is 0. The highest BCUT2D eigenvalue weighted by Gasteiger charge is 2.27. The zero-order valence-corrected chi connectivity index (χ0v) is 37.8. The van der Waals surface area contributed by atoms with Crippen molar-refractivity contribution in [1.82, 2.24) is 42.8 Å². The van der Waals surface area contributed by atoms with Crippen molar-refractivity contribution < 1.29 is 48.6 Å². The Balaban J connectivity index is 1.28. The van der Waals surface area contributed by atoms with E-state index in [9.17, 15) is 48.6 Å². The van der Waals surface area contributed by atoms with Gasteiger partial charge in [0.1, 0.15) is 35.7 Å². The minimum atomic E-state index is -1.26. The zero-order valence-electron chi connectivity index (χ0n) is 37.8. The topological polar surface area (TPSA) is 325 Å². The number of nitrogens with one attached hydrogen (secondary N) is 8. The Morgan fingerprint density at radius 1 is 0.426 bits per heavy atom. The Hall–Kier alpha value is -7.84. The van der Waals surface area contributed by atoms with Crippen LogP contribution in [0.4, 0.5) is 0 Å². The van der Waals surface area contributed by atoms with Gasteiger partial charge < -0.3 is 53.6 Å². The standard InChI is InChI=1S/C48H60N10O10/c1-29(53-41(61)25-35(49)21-33-13-17-37(59)18-14-33)45(65)51-27-43(63)55-39(23-31-9-5-3-6-10-31)47(67)57-58-48(68)40(24-32-11-7-4-8-12-32)56-44(64)28-52-46(66)30(2)54-42(62)26-36(50)22-34-15-19-38(60)20-16-34/h3-20,29-30,35-36,39-40,59-60H,21-28,49-50H2,1-2H3,(H,51,65)(H,52,66)(H,53,61)(H,54,62)(H,55,63)(H,56,64)(H,57,67)(H,58,68)/t29-,30-,35+,36+,39+,40+/m1/s1. The molecular formula is C48H60N10O10. The van der Waals surface area contributed by atoms with Crippen LogP contribution in [0.3, 0.4) is 0 Å². The van der Waals surface area contributed by atoms with E-state index in [2.05, 4.69) is 42.8 Å². The van der Waals surface area contributed by atoms with E-state index in [4.69, 9.17) is 11.5 Å². The van der Waals surface area contributed by atoms with Crippen LogP contribution in [0.25, 0.3) is 0 Å². The van der Waals surface area contributed by atoms with E-state index in [0.717, 1.165) is 11.1 Å². The number of phenolic OH excluding ortho intramolecular Hbond substituents is 2. The van der Waals surface area contributed by atoms with Gasteiger partial charge in [0, 0.05) is 37.8 Å². The maximum Gasteiger partial charge on any atom is 0.261 e. The Morgan fingerprint density at radius 2 is 0.750 bits per heavy atom. The molecule has 0 spiro atoms. The van der Waals surface area contributed by atoms with Crippen molar-refractivity contribution in [1.29, 1.82) is 0 Å². The maximum absolute atomic E-state index is 13.6. The first-order valence-electron chi connectivity index (χ1n) is 21.9. The lowest BCUT2D eigenvalue weighted by Gasteiger charge is -2.22. The highest BCUT2D eigenvalue weighted by Crippen LogP contribution is 2.13. The number of rotatable bonds is 24. The summed E-state index contributed by atoms with van der Waals surface area (Å²) in [6.45, 7) is 1.74. The van der Waals surface area contributed by atoms with Gasteiger partial charge in [-0.2, -0.15) is 0 Å². The lowest BCUT2D eigenvalue weighted by atomic mass is 10.0. The van der Waals surface area contributed by atoms with Gasteiger partial charge >= 0.3 is 0 Å². The smallest absolute Gasteiger partial charge is 0.261 e. The third-order valence-electron chi connectivity index (χ3n) is 10.3. The van der Waals surface area contributed by atoms with Gasteiger partial charge in [0.2, 0.25) is 35.4 Å². The molecule has 0 aliphatic carbocycles. The Morgan fingerprint density at radius 3 is 1.09 bits per heavy atom. The predicted molar refractivity (Wildman–Crippen MR) is 250 cm³/mol. The molecular weight excluding hydrogens is 877 g/mol. The fourth-order valence-electron chi connectivity index (χ4n) is 6.77. The lowest BCUT2D eigenvalue weighted by molar-refractivity contribution is -0.134. The molecule has 20 nitrogen and oxygen atoms in total. The van der Waals surface area contributed by atoms with E-state index in [1.54, 1.807) is 84.9 Å². The number of carbonyl (C=O) groups excluding carboxylic acids is 8. The van der Waals surface area contributed by atoms with Crippen LogP contribution >= 0.6 is 0 Å². The summed E-state index contributed by atoms with van der Waals surface area (Å²) in [6, 6.07) is 24.4. The van der Waals surface area contributed by atoms with Gasteiger partial charge in [-0.05, 0) is 73.2 Å². The fraction of sp³-hybridized carbons (Fsp3) is 0.333. The molecule has 0 unspecified atom stereocenters. The molecule has 0 bridgehead atoms. The quantitative estimate of drug-likeness (QED) is 0.0383. The summed E-state index contributed by atoms with van der Waals surface area (Å²) in [6.07, 6.45) is 0.494. The normalized spacial score (nSPS) is 13.4. The van der Waals surface area contributed by atoms with Crippen LogP contribution in [0, 0.1) is 0 Å². The third-order valence-corrected chi connectivity index (χ3v) is 10.3. The molecule has 0 aliphatic rings. The second-order valence-corrected chi connectivity index (χ2v) is 16.3. The van der Waals surface area contributed by atoms with Crippen molar-refractivity contribution in [2.45, 2.75) is 88.6 Å². The molecule has 0 saturated heterocycles. The van der Waals surface area contributed by atoms with Gasteiger partial charge in [-0.15, -0.1) is 0 Å². The number of phenols is 2. The molecule has 20 heteroatoms. The van der Waals surface area contributed by atoms with Crippen molar-refractivity contribution in [3.63, 3.8) is 0 Å². The molecule has 0 radical (unpaired) electrons. The first-order valence-corrected chi connectivity index (χ1v) is 21.9. The Labute approximate surface area is 393 Å². The lowest BCUT2D eigenvalue weighted by Crippen LogP contribution is -2.58. The molecule has 0 heterocycles. The highest BCUT2D eigenvalue weighted by atomic mass is 16.3. The second-order valence-electron chi connectivity index (χ2n) is 16.3. The molecule has 6 atom stereocenters. The Kier molecular flexibility index (Phi) is 20.9. The van der Waals surface area contributed by atoms with Crippen molar-refractivity contribution in [2.75, 3.05) is 13.1 Å². The molecule has 0 aliphatic heterocycles. The molecule has 4 aromatic rings. The van der Waals surface area contributed by atoms with E-state index in [1.165, 1.54) is 38.1 Å². The monoisotopic (exact) mass is 936 g/mol. The molecule has 8 amide bonds. The van der Waals surface area contributed by atoms with E-state index in [1.807, 2.05) is 0 Å².